The molecule has 0 aliphatic heterocycles. The van der Waals surface area contributed by atoms with Crippen molar-refractivity contribution in [3.63, 3.8) is 0 Å². The van der Waals surface area contributed by atoms with E-state index in [4.69, 9.17) is 28.3 Å². The molecule has 0 fully saturated rings. The van der Waals surface area contributed by atoms with Crippen LogP contribution in [0, 0.1) is 0 Å². The Balaban J connectivity index is 2.21. The van der Waals surface area contributed by atoms with Crippen LogP contribution in [0.15, 0.2) is 30.5 Å². The Morgan fingerprint density at radius 2 is 2.00 bits per heavy atom. The minimum Gasteiger partial charge on any atom is -0.477 e. The fraction of sp³-hybridized carbons (Fsp3) is 0. The average molecular weight is 312 g/mol. The van der Waals surface area contributed by atoms with Crippen molar-refractivity contribution in [1.82, 2.24) is 9.97 Å². The Labute approximate surface area is 123 Å². The van der Waals surface area contributed by atoms with E-state index in [9.17, 15) is 9.59 Å². The Morgan fingerprint density at radius 1 is 1.25 bits per heavy atom. The summed E-state index contributed by atoms with van der Waals surface area (Å²) < 4.78 is 0. The molecular weight excluding hydrogens is 305 g/mol. The maximum absolute atomic E-state index is 11.9. The third kappa shape index (κ3) is 3.23. The molecule has 0 bridgehead atoms. The van der Waals surface area contributed by atoms with Crippen molar-refractivity contribution in [1.29, 1.82) is 0 Å². The number of rotatable bonds is 3. The molecule has 0 saturated heterocycles. The van der Waals surface area contributed by atoms with E-state index >= 15 is 0 Å². The van der Waals surface area contributed by atoms with Crippen LogP contribution >= 0.6 is 23.2 Å². The summed E-state index contributed by atoms with van der Waals surface area (Å²) in [6.45, 7) is 0. The van der Waals surface area contributed by atoms with Gasteiger partial charge in [-0.15, -0.1) is 0 Å². The number of hydrogen-bond donors (Lipinski definition) is 2. The highest BCUT2D eigenvalue weighted by molar-refractivity contribution is 6.41. The van der Waals surface area contributed by atoms with Crippen LogP contribution < -0.4 is 5.32 Å². The first-order valence-corrected chi connectivity index (χ1v) is 6.05. The van der Waals surface area contributed by atoms with Crippen molar-refractivity contribution in [2.24, 2.45) is 0 Å². The first kappa shape index (κ1) is 14.2. The monoisotopic (exact) mass is 311 g/mol. The molecule has 0 aromatic carbocycles. The molecular formula is C12H7Cl2N3O3. The van der Waals surface area contributed by atoms with Gasteiger partial charge in [0.05, 0.1) is 10.6 Å². The summed E-state index contributed by atoms with van der Waals surface area (Å²) >= 11 is 11.4. The van der Waals surface area contributed by atoms with Gasteiger partial charge in [0.15, 0.2) is 5.69 Å². The second kappa shape index (κ2) is 5.85. The van der Waals surface area contributed by atoms with Crippen LogP contribution in [0.2, 0.25) is 10.2 Å². The zero-order valence-corrected chi connectivity index (χ0v) is 11.3. The standard InChI is InChI=1S/C12H7Cl2N3O3/c13-7-4-6(5-15-10(7)14)11(18)17-9-3-1-2-8(16-9)12(19)20/h1-5H,(H,19,20)(H,16,17,18). The Bertz CT molecular complexity index is 691. The van der Waals surface area contributed by atoms with Crippen LogP contribution in [0.1, 0.15) is 20.8 Å². The van der Waals surface area contributed by atoms with Crippen molar-refractivity contribution < 1.29 is 14.7 Å². The lowest BCUT2D eigenvalue weighted by Crippen LogP contribution is -2.14. The number of nitrogens with zero attached hydrogens (tertiary/aromatic N) is 2. The normalized spacial score (nSPS) is 10.1. The molecule has 0 aliphatic carbocycles. The average Bonchev–Trinajstić information content (AvgIpc) is 2.42. The highest BCUT2D eigenvalue weighted by Crippen LogP contribution is 2.20. The maximum Gasteiger partial charge on any atom is 0.354 e. The van der Waals surface area contributed by atoms with Crippen LogP contribution in [0.4, 0.5) is 5.82 Å². The molecule has 0 saturated carbocycles. The number of carboxylic acids is 1. The van der Waals surface area contributed by atoms with Gasteiger partial charge in [0.1, 0.15) is 11.0 Å². The zero-order chi connectivity index (χ0) is 14.7. The molecule has 20 heavy (non-hydrogen) atoms. The smallest absolute Gasteiger partial charge is 0.354 e. The van der Waals surface area contributed by atoms with Crippen molar-refractivity contribution in [2.45, 2.75) is 0 Å². The minimum atomic E-state index is -1.18. The predicted molar refractivity (Wildman–Crippen MR) is 73.4 cm³/mol. The molecule has 0 aliphatic rings. The van der Waals surface area contributed by atoms with Gasteiger partial charge in [0.25, 0.3) is 5.91 Å². The fourth-order valence-corrected chi connectivity index (χ4v) is 1.63. The third-order valence-electron chi connectivity index (χ3n) is 2.27. The summed E-state index contributed by atoms with van der Waals surface area (Å²) in [6, 6.07) is 5.61. The molecule has 2 aromatic heterocycles. The molecule has 1 amide bonds. The van der Waals surface area contributed by atoms with Gasteiger partial charge >= 0.3 is 5.97 Å². The zero-order valence-electron chi connectivity index (χ0n) is 9.80. The van der Waals surface area contributed by atoms with Crippen LogP contribution in [0.3, 0.4) is 0 Å². The third-order valence-corrected chi connectivity index (χ3v) is 2.95. The van der Waals surface area contributed by atoms with E-state index in [1.165, 1.54) is 30.5 Å². The summed E-state index contributed by atoms with van der Waals surface area (Å²) in [5.41, 5.74) is 0.0111. The summed E-state index contributed by atoms with van der Waals surface area (Å²) in [5.74, 6) is -1.59. The van der Waals surface area contributed by atoms with Crippen molar-refractivity contribution in [3.05, 3.63) is 51.9 Å². The number of anilines is 1. The van der Waals surface area contributed by atoms with E-state index in [0.29, 0.717) is 0 Å². The van der Waals surface area contributed by atoms with E-state index in [1.807, 2.05) is 0 Å². The predicted octanol–water partition coefficient (Wildman–Crippen LogP) is 2.73. The number of halogens is 2. The molecule has 2 heterocycles. The number of nitrogens with one attached hydrogen (secondary N) is 1. The molecule has 0 unspecified atom stereocenters. The second-order valence-electron chi connectivity index (χ2n) is 3.66. The molecule has 0 atom stereocenters. The van der Waals surface area contributed by atoms with Gasteiger partial charge in [-0.2, -0.15) is 0 Å². The highest BCUT2D eigenvalue weighted by atomic mass is 35.5. The van der Waals surface area contributed by atoms with Gasteiger partial charge in [0.2, 0.25) is 0 Å². The number of carbonyl (C=O) groups is 2. The molecule has 0 spiro atoms. The van der Waals surface area contributed by atoms with Crippen LogP contribution in [-0.4, -0.2) is 27.0 Å². The number of carbonyl (C=O) groups excluding carboxylic acids is 1. The van der Waals surface area contributed by atoms with Gasteiger partial charge in [-0.3, -0.25) is 4.79 Å². The summed E-state index contributed by atoms with van der Waals surface area (Å²) in [4.78, 5) is 30.2. The number of carboxylic acid groups (broad SMARTS) is 1. The quantitative estimate of drug-likeness (QED) is 0.850. The lowest BCUT2D eigenvalue weighted by molar-refractivity contribution is 0.0690. The second-order valence-corrected chi connectivity index (χ2v) is 4.43. The SMILES string of the molecule is O=C(Nc1cccc(C(=O)O)n1)c1cnc(Cl)c(Cl)c1. The molecule has 6 nitrogen and oxygen atoms in total. The maximum atomic E-state index is 11.9. The topological polar surface area (TPSA) is 92.2 Å². The highest BCUT2D eigenvalue weighted by Gasteiger charge is 2.11. The van der Waals surface area contributed by atoms with Gasteiger partial charge < -0.3 is 10.4 Å². The lowest BCUT2D eigenvalue weighted by Gasteiger charge is -2.05. The largest absolute Gasteiger partial charge is 0.477 e. The Hall–Kier alpha value is -2.18. The lowest BCUT2D eigenvalue weighted by atomic mass is 10.2. The molecule has 2 N–H and O–H groups in total. The Morgan fingerprint density at radius 3 is 2.65 bits per heavy atom. The summed E-state index contributed by atoms with van der Waals surface area (Å²) in [6.07, 6.45) is 1.25. The van der Waals surface area contributed by atoms with Crippen LogP contribution in [-0.2, 0) is 0 Å². The molecule has 2 aromatic rings. The van der Waals surface area contributed by atoms with E-state index < -0.39 is 11.9 Å². The first-order chi connectivity index (χ1) is 9.47. The summed E-state index contributed by atoms with van der Waals surface area (Å²) in [7, 11) is 0. The van der Waals surface area contributed by atoms with Gasteiger partial charge in [-0.1, -0.05) is 29.3 Å². The van der Waals surface area contributed by atoms with Gasteiger partial charge in [-0.25, -0.2) is 14.8 Å². The van der Waals surface area contributed by atoms with Gasteiger partial charge in [0, 0.05) is 6.20 Å². The van der Waals surface area contributed by atoms with E-state index in [2.05, 4.69) is 15.3 Å². The van der Waals surface area contributed by atoms with Crippen molar-refractivity contribution in [2.75, 3.05) is 5.32 Å². The number of aromatic nitrogens is 2. The molecule has 8 heteroatoms. The Kier molecular flexibility index (Phi) is 4.16. The number of hydrogen-bond acceptors (Lipinski definition) is 4. The molecule has 102 valence electrons. The van der Waals surface area contributed by atoms with Crippen LogP contribution in [0.5, 0.6) is 0 Å². The number of aromatic carboxylic acids is 1. The first-order valence-electron chi connectivity index (χ1n) is 5.30. The number of amides is 1. The van der Waals surface area contributed by atoms with Crippen LogP contribution in [0.25, 0.3) is 0 Å². The fourth-order valence-electron chi connectivity index (χ4n) is 1.36. The van der Waals surface area contributed by atoms with E-state index in [0.717, 1.165) is 0 Å². The summed E-state index contributed by atoms with van der Waals surface area (Å²) in [5, 5.41) is 11.5. The van der Waals surface area contributed by atoms with Crippen molar-refractivity contribution in [3.8, 4) is 0 Å². The molecule has 0 radical (unpaired) electrons. The van der Waals surface area contributed by atoms with E-state index in [1.54, 1.807) is 0 Å². The van der Waals surface area contributed by atoms with Gasteiger partial charge in [-0.05, 0) is 18.2 Å². The van der Waals surface area contributed by atoms with Crippen molar-refractivity contribution >= 4 is 40.9 Å². The number of pyridine rings is 2. The minimum absolute atomic E-state index is 0.0919. The van der Waals surface area contributed by atoms with E-state index in [-0.39, 0.29) is 27.3 Å². The molecule has 2 rings (SSSR count).